The van der Waals surface area contributed by atoms with Gasteiger partial charge in [-0.2, -0.15) is 0 Å². The number of rotatable bonds is 3. The number of aryl methyl sites for hydroxylation is 1. The summed E-state index contributed by atoms with van der Waals surface area (Å²) in [5, 5.41) is 1.07. The first kappa shape index (κ1) is 13.8. The van der Waals surface area contributed by atoms with Gasteiger partial charge in [0.1, 0.15) is 10.4 Å². The van der Waals surface area contributed by atoms with Crippen LogP contribution in [0.1, 0.15) is 19.2 Å². The van der Waals surface area contributed by atoms with Crippen LogP contribution in [-0.4, -0.2) is 9.97 Å². The van der Waals surface area contributed by atoms with Crippen LogP contribution >= 0.6 is 39.1 Å². The Morgan fingerprint density at radius 1 is 1.11 bits per heavy atom. The van der Waals surface area contributed by atoms with Crippen LogP contribution in [0.25, 0.3) is 11.3 Å². The summed E-state index contributed by atoms with van der Waals surface area (Å²) in [5.74, 6) is 0.827. The number of halogens is 3. The third-order valence-electron chi connectivity index (χ3n) is 2.43. The van der Waals surface area contributed by atoms with Crippen LogP contribution in [0.15, 0.2) is 28.9 Å². The van der Waals surface area contributed by atoms with E-state index in [1.165, 1.54) is 0 Å². The Balaban J connectivity index is 2.46. The van der Waals surface area contributed by atoms with Crippen molar-refractivity contribution < 1.29 is 0 Å². The maximum absolute atomic E-state index is 6.02. The molecule has 2 aromatic rings. The summed E-state index contributed by atoms with van der Waals surface area (Å²) in [6.45, 7) is 2.10. The molecule has 0 unspecified atom stereocenters. The van der Waals surface area contributed by atoms with Crippen molar-refractivity contribution in [2.24, 2.45) is 0 Å². The Labute approximate surface area is 124 Å². The first-order valence-corrected chi connectivity index (χ1v) is 7.14. The summed E-state index contributed by atoms with van der Waals surface area (Å²) < 4.78 is 0.780. The predicted octanol–water partition coefficient (Wildman–Crippen LogP) is 5.17. The highest BCUT2D eigenvalue weighted by atomic mass is 79.9. The van der Waals surface area contributed by atoms with Crippen LogP contribution in [0, 0.1) is 0 Å². The Morgan fingerprint density at radius 2 is 1.89 bits per heavy atom. The van der Waals surface area contributed by atoms with E-state index in [1.54, 1.807) is 6.07 Å². The third-order valence-corrected chi connectivity index (χ3v) is 3.58. The molecule has 5 heteroatoms. The second-order valence-electron chi connectivity index (χ2n) is 3.87. The summed E-state index contributed by atoms with van der Waals surface area (Å²) in [7, 11) is 0. The van der Waals surface area contributed by atoms with Gasteiger partial charge in [0.15, 0.2) is 0 Å². The van der Waals surface area contributed by atoms with Crippen molar-refractivity contribution in [1.82, 2.24) is 9.97 Å². The first-order chi connectivity index (χ1) is 8.60. The number of nitrogens with zero attached hydrogens (tertiary/aromatic N) is 2. The van der Waals surface area contributed by atoms with Crippen molar-refractivity contribution in [3.05, 3.63) is 44.7 Å². The average molecular weight is 346 g/mol. The SMILES string of the molecule is CCCc1nc(Br)cc(-c2ccc(Cl)c(Cl)c2)n1. The summed E-state index contributed by atoms with van der Waals surface area (Å²) in [4.78, 5) is 8.86. The number of benzene rings is 1. The lowest BCUT2D eigenvalue weighted by molar-refractivity contribution is 0.831. The van der Waals surface area contributed by atoms with E-state index in [4.69, 9.17) is 23.2 Å². The molecule has 0 aliphatic carbocycles. The lowest BCUT2D eigenvalue weighted by atomic mass is 10.1. The zero-order valence-corrected chi connectivity index (χ0v) is 12.8. The van der Waals surface area contributed by atoms with E-state index >= 15 is 0 Å². The zero-order chi connectivity index (χ0) is 13.1. The molecule has 0 fully saturated rings. The molecule has 0 N–H and O–H groups in total. The zero-order valence-electron chi connectivity index (χ0n) is 9.75. The van der Waals surface area contributed by atoms with Gasteiger partial charge in [0.25, 0.3) is 0 Å². The van der Waals surface area contributed by atoms with Crippen molar-refractivity contribution in [2.75, 3.05) is 0 Å². The maximum Gasteiger partial charge on any atom is 0.130 e. The van der Waals surface area contributed by atoms with Crippen LogP contribution < -0.4 is 0 Å². The Morgan fingerprint density at radius 3 is 2.56 bits per heavy atom. The van der Waals surface area contributed by atoms with Gasteiger partial charge in [-0.3, -0.25) is 0 Å². The minimum atomic E-state index is 0.529. The van der Waals surface area contributed by atoms with E-state index < -0.39 is 0 Å². The largest absolute Gasteiger partial charge is 0.233 e. The summed E-state index contributed by atoms with van der Waals surface area (Å²) >= 11 is 15.3. The second kappa shape index (κ2) is 6.00. The molecule has 0 aliphatic heterocycles. The van der Waals surface area contributed by atoms with Gasteiger partial charge in [0.2, 0.25) is 0 Å². The summed E-state index contributed by atoms with van der Waals surface area (Å²) in [6.07, 6.45) is 1.87. The van der Waals surface area contributed by atoms with E-state index in [-0.39, 0.29) is 0 Å². The van der Waals surface area contributed by atoms with Gasteiger partial charge in [0.05, 0.1) is 15.7 Å². The molecule has 1 aromatic carbocycles. The van der Waals surface area contributed by atoms with Crippen molar-refractivity contribution in [1.29, 1.82) is 0 Å². The molecular weight excluding hydrogens is 335 g/mol. The number of hydrogen-bond donors (Lipinski definition) is 0. The van der Waals surface area contributed by atoms with Crippen molar-refractivity contribution in [3.63, 3.8) is 0 Å². The van der Waals surface area contributed by atoms with Crippen LogP contribution in [0.3, 0.4) is 0 Å². The van der Waals surface area contributed by atoms with E-state index in [1.807, 2.05) is 18.2 Å². The molecule has 1 heterocycles. The van der Waals surface area contributed by atoms with Gasteiger partial charge < -0.3 is 0 Å². The smallest absolute Gasteiger partial charge is 0.130 e. The van der Waals surface area contributed by atoms with Gasteiger partial charge in [-0.25, -0.2) is 9.97 Å². The van der Waals surface area contributed by atoms with Crippen molar-refractivity contribution in [2.45, 2.75) is 19.8 Å². The second-order valence-corrected chi connectivity index (χ2v) is 5.50. The van der Waals surface area contributed by atoms with Gasteiger partial charge >= 0.3 is 0 Å². The van der Waals surface area contributed by atoms with E-state index in [0.717, 1.165) is 34.5 Å². The highest BCUT2D eigenvalue weighted by molar-refractivity contribution is 9.10. The van der Waals surface area contributed by atoms with Crippen LogP contribution in [0.2, 0.25) is 10.0 Å². The molecule has 0 aliphatic rings. The molecule has 1 aromatic heterocycles. The van der Waals surface area contributed by atoms with E-state index in [0.29, 0.717) is 10.0 Å². The highest BCUT2D eigenvalue weighted by Gasteiger charge is 2.07. The quantitative estimate of drug-likeness (QED) is 0.717. The minimum absolute atomic E-state index is 0.529. The lowest BCUT2D eigenvalue weighted by Crippen LogP contribution is -1.97. The molecule has 0 atom stereocenters. The number of aromatic nitrogens is 2. The normalized spacial score (nSPS) is 10.7. The molecule has 0 radical (unpaired) electrons. The van der Waals surface area contributed by atoms with Crippen LogP contribution in [0.5, 0.6) is 0 Å². The van der Waals surface area contributed by atoms with Crippen LogP contribution in [0.4, 0.5) is 0 Å². The minimum Gasteiger partial charge on any atom is -0.233 e. The van der Waals surface area contributed by atoms with Crippen molar-refractivity contribution >= 4 is 39.1 Å². The molecule has 0 saturated carbocycles. The van der Waals surface area contributed by atoms with Crippen molar-refractivity contribution in [3.8, 4) is 11.3 Å². The van der Waals surface area contributed by atoms with Gasteiger partial charge in [-0.15, -0.1) is 0 Å². The monoisotopic (exact) mass is 344 g/mol. The Bertz CT molecular complexity index is 573. The van der Waals surface area contributed by atoms with Gasteiger partial charge in [-0.05, 0) is 40.5 Å². The van der Waals surface area contributed by atoms with Crippen LogP contribution in [-0.2, 0) is 6.42 Å². The fraction of sp³-hybridized carbons (Fsp3) is 0.231. The summed E-state index contributed by atoms with van der Waals surface area (Å²) in [5.41, 5.74) is 1.78. The Hall–Kier alpha value is -0.640. The lowest BCUT2D eigenvalue weighted by Gasteiger charge is -2.06. The topological polar surface area (TPSA) is 25.8 Å². The third kappa shape index (κ3) is 3.22. The standard InChI is InChI=1S/C13H11BrCl2N2/c1-2-3-13-17-11(7-12(14)18-13)8-4-5-9(15)10(16)6-8/h4-7H,2-3H2,1H3. The highest BCUT2D eigenvalue weighted by Crippen LogP contribution is 2.28. The Kier molecular flexibility index (Phi) is 4.60. The molecule has 0 amide bonds. The summed E-state index contributed by atoms with van der Waals surface area (Å²) in [6, 6.07) is 7.36. The fourth-order valence-electron chi connectivity index (χ4n) is 1.60. The number of hydrogen-bond acceptors (Lipinski definition) is 2. The molecule has 0 spiro atoms. The van der Waals surface area contributed by atoms with E-state index in [2.05, 4.69) is 32.8 Å². The molecule has 0 bridgehead atoms. The first-order valence-electron chi connectivity index (χ1n) is 5.59. The molecule has 18 heavy (non-hydrogen) atoms. The molecule has 0 saturated heterocycles. The van der Waals surface area contributed by atoms with Gasteiger partial charge in [0, 0.05) is 12.0 Å². The molecule has 2 nitrogen and oxygen atoms in total. The molecule has 94 valence electrons. The van der Waals surface area contributed by atoms with Gasteiger partial charge in [-0.1, -0.05) is 36.2 Å². The maximum atomic E-state index is 6.02. The average Bonchev–Trinajstić information content (AvgIpc) is 2.32. The van der Waals surface area contributed by atoms with E-state index in [9.17, 15) is 0 Å². The molecular formula is C13H11BrCl2N2. The predicted molar refractivity (Wildman–Crippen MR) is 79.2 cm³/mol. The fourth-order valence-corrected chi connectivity index (χ4v) is 2.32. The molecule has 2 rings (SSSR count).